The van der Waals surface area contributed by atoms with Gasteiger partial charge in [0.1, 0.15) is 11.3 Å². The van der Waals surface area contributed by atoms with Gasteiger partial charge in [-0.2, -0.15) is 0 Å². The second-order valence-corrected chi connectivity index (χ2v) is 8.05. The number of hydrogen-bond donors (Lipinski definition) is 1. The van der Waals surface area contributed by atoms with Gasteiger partial charge in [-0.1, -0.05) is 49.9 Å². The highest BCUT2D eigenvalue weighted by Gasteiger charge is 2.15. The molecular weight excluding hydrogens is 410 g/mol. The van der Waals surface area contributed by atoms with E-state index in [9.17, 15) is 4.79 Å². The van der Waals surface area contributed by atoms with Crippen molar-refractivity contribution in [1.29, 1.82) is 0 Å². The van der Waals surface area contributed by atoms with Gasteiger partial charge in [0.25, 0.3) is 0 Å². The number of rotatable bonds is 10. The lowest BCUT2D eigenvalue weighted by Gasteiger charge is -2.12. The van der Waals surface area contributed by atoms with Gasteiger partial charge < -0.3 is 14.5 Å². The van der Waals surface area contributed by atoms with Crippen LogP contribution < -0.4 is 10.1 Å². The van der Waals surface area contributed by atoms with Gasteiger partial charge in [0.15, 0.2) is 0 Å². The smallest absolute Gasteiger partial charge is 0.244 e. The second-order valence-electron chi connectivity index (χ2n) is 7.61. The number of furan rings is 1. The number of halogens is 1. The number of allylic oxidation sites excluding steroid dienone is 1. The van der Waals surface area contributed by atoms with Gasteiger partial charge in [0.2, 0.25) is 5.91 Å². The molecule has 2 aromatic carbocycles. The molecule has 0 saturated carbocycles. The zero-order valence-electron chi connectivity index (χ0n) is 18.5. The maximum Gasteiger partial charge on any atom is 0.244 e. The quantitative estimate of drug-likeness (QED) is 0.267. The molecule has 1 heterocycles. The Bertz CT molecular complexity index is 1050. The number of amides is 1. The van der Waals surface area contributed by atoms with E-state index in [1.165, 1.54) is 12.8 Å². The molecule has 0 aliphatic rings. The fourth-order valence-corrected chi connectivity index (χ4v) is 3.71. The lowest BCUT2D eigenvalue weighted by Crippen LogP contribution is -2.22. The van der Waals surface area contributed by atoms with Gasteiger partial charge >= 0.3 is 0 Å². The molecule has 1 aromatic heterocycles. The summed E-state index contributed by atoms with van der Waals surface area (Å²) in [6.07, 6.45) is 7.91. The van der Waals surface area contributed by atoms with Crippen molar-refractivity contribution in [2.24, 2.45) is 0 Å². The predicted octanol–water partition coefficient (Wildman–Crippen LogP) is 7.25. The lowest BCUT2D eigenvalue weighted by molar-refractivity contribution is -0.116. The number of benzene rings is 2. The van der Waals surface area contributed by atoms with Crippen LogP contribution in [0.2, 0.25) is 5.02 Å². The fraction of sp³-hybridized carbons (Fsp3) is 0.346. The van der Waals surface area contributed by atoms with Crippen LogP contribution >= 0.6 is 11.6 Å². The SMILES string of the molecule is CCCCCCNC(=O)/C=C(\C)c1cc2c(-c3ccc(Cl)cc3)coc2cc1OCC. The van der Waals surface area contributed by atoms with E-state index in [0.717, 1.165) is 46.1 Å². The monoisotopic (exact) mass is 439 g/mol. The first-order chi connectivity index (χ1) is 15.0. The number of nitrogens with one attached hydrogen (secondary N) is 1. The van der Waals surface area contributed by atoms with Gasteiger partial charge in [0, 0.05) is 40.2 Å². The summed E-state index contributed by atoms with van der Waals surface area (Å²) in [6, 6.07) is 11.6. The van der Waals surface area contributed by atoms with Crippen molar-refractivity contribution in [3.8, 4) is 16.9 Å². The highest BCUT2D eigenvalue weighted by atomic mass is 35.5. The zero-order chi connectivity index (χ0) is 22.2. The number of unbranched alkanes of at least 4 members (excludes halogenated alkanes) is 3. The Morgan fingerprint density at radius 3 is 2.61 bits per heavy atom. The normalized spacial score (nSPS) is 11.7. The van der Waals surface area contributed by atoms with Crippen molar-refractivity contribution in [3.63, 3.8) is 0 Å². The van der Waals surface area contributed by atoms with Gasteiger partial charge in [-0.3, -0.25) is 4.79 Å². The van der Waals surface area contributed by atoms with E-state index in [1.807, 2.05) is 50.2 Å². The summed E-state index contributed by atoms with van der Waals surface area (Å²) in [5, 5.41) is 4.64. The summed E-state index contributed by atoms with van der Waals surface area (Å²) < 4.78 is 11.7. The molecule has 0 aliphatic heterocycles. The van der Waals surface area contributed by atoms with Gasteiger partial charge in [-0.25, -0.2) is 0 Å². The summed E-state index contributed by atoms with van der Waals surface area (Å²) in [4.78, 5) is 12.4. The lowest BCUT2D eigenvalue weighted by atomic mass is 9.99. The second kappa shape index (κ2) is 11.1. The number of ether oxygens (including phenoxy) is 1. The topological polar surface area (TPSA) is 51.5 Å². The third-order valence-electron chi connectivity index (χ3n) is 5.23. The van der Waals surface area contributed by atoms with E-state index in [-0.39, 0.29) is 5.91 Å². The van der Waals surface area contributed by atoms with E-state index in [2.05, 4.69) is 12.2 Å². The molecule has 0 saturated heterocycles. The Hall–Kier alpha value is -2.72. The van der Waals surface area contributed by atoms with Crippen molar-refractivity contribution in [2.45, 2.75) is 46.5 Å². The zero-order valence-corrected chi connectivity index (χ0v) is 19.2. The minimum atomic E-state index is -0.0818. The summed E-state index contributed by atoms with van der Waals surface area (Å²) >= 11 is 6.04. The maximum atomic E-state index is 12.4. The third-order valence-corrected chi connectivity index (χ3v) is 5.48. The number of carbonyl (C=O) groups is 1. The highest BCUT2D eigenvalue weighted by Crippen LogP contribution is 2.37. The van der Waals surface area contributed by atoms with Crippen LogP contribution in [-0.4, -0.2) is 19.1 Å². The van der Waals surface area contributed by atoms with Crippen molar-refractivity contribution < 1.29 is 13.9 Å². The first-order valence-corrected chi connectivity index (χ1v) is 11.3. The van der Waals surface area contributed by atoms with Crippen molar-refractivity contribution >= 4 is 34.1 Å². The Labute approximate surface area is 189 Å². The number of fused-ring (bicyclic) bond motifs is 1. The summed E-state index contributed by atoms with van der Waals surface area (Å²) in [6.45, 7) is 7.28. The average molecular weight is 440 g/mol. The molecule has 0 spiro atoms. The molecule has 0 atom stereocenters. The van der Waals surface area contributed by atoms with E-state index in [0.29, 0.717) is 23.9 Å². The molecular formula is C26H30ClNO3. The van der Waals surface area contributed by atoms with E-state index in [4.69, 9.17) is 20.8 Å². The molecule has 0 bridgehead atoms. The molecule has 31 heavy (non-hydrogen) atoms. The predicted molar refractivity (Wildman–Crippen MR) is 129 cm³/mol. The van der Waals surface area contributed by atoms with Crippen LogP contribution in [0.4, 0.5) is 0 Å². The molecule has 5 heteroatoms. The molecule has 0 unspecified atom stereocenters. The van der Waals surface area contributed by atoms with Crippen molar-refractivity contribution in [3.05, 3.63) is 59.3 Å². The molecule has 4 nitrogen and oxygen atoms in total. The minimum absolute atomic E-state index is 0.0818. The average Bonchev–Trinajstić information content (AvgIpc) is 3.16. The molecule has 0 fully saturated rings. The minimum Gasteiger partial charge on any atom is -0.493 e. The molecule has 0 aliphatic carbocycles. The molecule has 164 valence electrons. The summed E-state index contributed by atoms with van der Waals surface area (Å²) in [7, 11) is 0. The standard InChI is InChI=1S/C26H30ClNO3/c1-4-6-7-8-13-28-26(29)14-18(3)21-15-22-23(19-9-11-20(27)12-10-19)17-31-25(22)16-24(21)30-5-2/h9-12,14-17H,4-8,13H2,1-3H3,(H,28,29)/b18-14+. The Morgan fingerprint density at radius 1 is 1.13 bits per heavy atom. The van der Waals surface area contributed by atoms with E-state index in [1.54, 1.807) is 12.3 Å². The van der Waals surface area contributed by atoms with E-state index >= 15 is 0 Å². The Balaban J connectivity index is 1.90. The van der Waals surface area contributed by atoms with E-state index < -0.39 is 0 Å². The first kappa shape index (κ1) is 23.0. The Kier molecular flexibility index (Phi) is 8.19. The number of carbonyl (C=O) groups excluding carboxylic acids is 1. The first-order valence-electron chi connectivity index (χ1n) is 10.9. The molecule has 0 radical (unpaired) electrons. The fourth-order valence-electron chi connectivity index (χ4n) is 3.58. The van der Waals surface area contributed by atoms with Gasteiger partial charge in [0.05, 0.1) is 12.9 Å². The number of hydrogen-bond acceptors (Lipinski definition) is 3. The van der Waals surface area contributed by atoms with Crippen LogP contribution in [0.5, 0.6) is 5.75 Å². The van der Waals surface area contributed by atoms with Gasteiger partial charge in [-0.05, 0) is 49.6 Å². The highest BCUT2D eigenvalue weighted by molar-refractivity contribution is 6.30. The van der Waals surface area contributed by atoms with Crippen molar-refractivity contribution in [2.75, 3.05) is 13.2 Å². The van der Waals surface area contributed by atoms with Crippen LogP contribution in [0.15, 0.2) is 53.2 Å². The maximum absolute atomic E-state index is 12.4. The van der Waals surface area contributed by atoms with Gasteiger partial charge in [-0.15, -0.1) is 0 Å². The van der Waals surface area contributed by atoms with Crippen LogP contribution in [0.3, 0.4) is 0 Å². The summed E-state index contributed by atoms with van der Waals surface area (Å²) in [5.74, 6) is 0.623. The third kappa shape index (κ3) is 5.92. The van der Waals surface area contributed by atoms with Crippen LogP contribution in [0.1, 0.15) is 52.0 Å². The molecule has 3 aromatic rings. The molecule has 3 rings (SSSR count). The molecule has 1 N–H and O–H groups in total. The Morgan fingerprint density at radius 2 is 1.90 bits per heavy atom. The largest absolute Gasteiger partial charge is 0.493 e. The van der Waals surface area contributed by atoms with Crippen molar-refractivity contribution in [1.82, 2.24) is 5.32 Å². The summed E-state index contributed by atoms with van der Waals surface area (Å²) in [5.41, 5.74) is 4.46. The van der Waals surface area contributed by atoms with Crippen LogP contribution in [0.25, 0.3) is 27.7 Å². The molecule has 1 amide bonds. The van der Waals surface area contributed by atoms with Crippen LogP contribution in [0, 0.1) is 0 Å². The van der Waals surface area contributed by atoms with Crippen LogP contribution in [-0.2, 0) is 4.79 Å².